The van der Waals surface area contributed by atoms with Crippen molar-refractivity contribution in [2.45, 2.75) is 90.9 Å². The number of rotatable bonds is 12. The third-order valence-electron chi connectivity index (χ3n) is 5.47. The Labute approximate surface area is 156 Å². The first-order valence-corrected chi connectivity index (χ1v) is 10.8. The molecule has 0 spiro atoms. The van der Waals surface area contributed by atoms with Crippen molar-refractivity contribution in [2.75, 3.05) is 0 Å². The molecular weight excluding hydrogens is 300 g/mol. The Balaban J connectivity index is 1.70. The van der Waals surface area contributed by atoms with Gasteiger partial charge in [0, 0.05) is 0 Å². The van der Waals surface area contributed by atoms with Crippen LogP contribution in [0.25, 0.3) is 5.57 Å². The Bertz CT molecular complexity index is 517. The second kappa shape index (κ2) is 12.1. The second-order valence-corrected chi connectivity index (χ2v) is 7.72. The summed E-state index contributed by atoms with van der Waals surface area (Å²) in [5.41, 5.74) is 4.28. The zero-order chi connectivity index (χ0) is 17.7. The number of aryl methyl sites for hydroxylation is 1. The normalized spacial score (nSPS) is 16.9. The molecule has 0 fully saturated rings. The van der Waals surface area contributed by atoms with E-state index in [1.54, 1.807) is 0 Å². The van der Waals surface area contributed by atoms with E-state index in [1.807, 2.05) is 0 Å². The quantitative estimate of drug-likeness (QED) is 0.337. The van der Waals surface area contributed by atoms with E-state index in [9.17, 15) is 0 Å². The van der Waals surface area contributed by atoms with Gasteiger partial charge in [-0.25, -0.2) is 0 Å². The third-order valence-corrected chi connectivity index (χ3v) is 5.47. The molecule has 2 rings (SSSR count). The molecule has 1 atom stereocenters. The van der Waals surface area contributed by atoms with Gasteiger partial charge >= 0.3 is 0 Å². The van der Waals surface area contributed by atoms with E-state index in [4.69, 9.17) is 0 Å². The lowest BCUT2D eigenvalue weighted by molar-refractivity contribution is 0.520. The first kappa shape index (κ1) is 20.0. The lowest BCUT2D eigenvalue weighted by Gasteiger charge is -2.16. The van der Waals surface area contributed by atoms with Gasteiger partial charge in [-0.15, -0.1) is 0 Å². The van der Waals surface area contributed by atoms with Gasteiger partial charge in [0.1, 0.15) is 0 Å². The zero-order valence-electron chi connectivity index (χ0n) is 16.6. The van der Waals surface area contributed by atoms with Gasteiger partial charge in [-0.1, -0.05) is 108 Å². The molecule has 1 aliphatic carbocycles. The van der Waals surface area contributed by atoms with Crippen molar-refractivity contribution in [3.05, 3.63) is 53.6 Å². The summed E-state index contributed by atoms with van der Waals surface area (Å²) in [6.45, 7) is 4.56. The molecule has 0 nitrogen and oxygen atoms in total. The lowest BCUT2D eigenvalue weighted by Crippen LogP contribution is -2.00. The molecular formula is C25H38. The predicted molar refractivity (Wildman–Crippen MR) is 113 cm³/mol. The van der Waals surface area contributed by atoms with Crippen LogP contribution in [0.5, 0.6) is 0 Å². The van der Waals surface area contributed by atoms with Gasteiger partial charge in [-0.05, 0) is 48.3 Å². The Kier molecular flexibility index (Phi) is 9.70. The smallest absolute Gasteiger partial charge is 0.0187 e. The summed E-state index contributed by atoms with van der Waals surface area (Å²) >= 11 is 0. The van der Waals surface area contributed by atoms with Crippen molar-refractivity contribution < 1.29 is 0 Å². The molecule has 0 aliphatic heterocycles. The molecule has 0 saturated carbocycles. The number of hydrogen-bond acceptors (Lipinski definition) is 0. The van der Waals surface area contributed by atoms with Crippen LogP contribution in [0.4, 0.5) is 0 Å². The maximum Gasteiger partial charge on any atom is -0.0187 e. The molecule has 0 heteroatoms. The molecule has 0 saturated heterocycles. The number of allylic oxidation sites excluding steroid dienone is 4. The lowest BCUT2D eigenvalue weighted by atomic mass is 9.89. The third kappa shape index (κ3) is 7.63. The van der Waals surface area contributed by atoms with Crippen molar-refractivity contribution >= 4 is 5.57 Å². The average molecular weight is 339 g/mol. The number of hydrogen-bond donors (Lipinski definition) is 0. The van der Waals surface area contributed by atoms with Crippen LogP contribution in [0.1, 0.15) is 95.6 Å². The highest BCUT2D eigenvalue weighted by Gasteiger charge is 2.09. The van der Waals surface area contributed by atoms with E-state index in [0.29, 0.717) is 0 Å². The molecule has 0 N–H and O–H groups in total. The van der Waals surface area contributed by atoms with Crippen molar-refractivity contribution in [2.24, 2.45) is 5.92 Å². The highest BCUT2D eigenvalue weighted by Crippen LogP contribution is 2.27. The molecule has 0 amide bonds. The van der Waals surface area contributed by atoms with Crippen LogP contribution in [0.2, 0.25) is 0 Å². The zero-order valence-corrected chi connectivity index (χ0v) is 16.6. The Morgan fingerprint density at radius 2 is 1.48 bits per heavy atom. The first-order chi connectivity index (χ1) is 12.3. The van der Waals surface area contributed by atoms with Gasteiger partial charge in [0.2, 0.25) is 0 Å². The van der Waals surface area contributed by atoms with Crippen LogP contribution < -0.4 is 0 Å². The first-order valence-electron chi connectivity index (χ1n) is 10.8. The van der Waals surface area contributed by atoms with Crippen LogP contribution in [-0.4, -0.2) is 0 Å². The summed E-state index contributed by atoms with van der Waals surface area (Å²) in [7, 11) is 0. The molecule has 138 valence electrons. The summed E-state index contributed by atoms with van der Waals surface area (Å²) in [4.78, 5) is 0. The molecule has 1 aromatic rings. The van der Waals surface area contributed by atoms with Gasteiger partial charge < -0.3 is 0 Å². The van der Waals surface area contributed by atoms with E-state index in [0.717, 1.165) is 5.92 Å². The average Bonchev–Trinajstić information content (AvgIpc) is 2.66. The van der Waals surface area contributed by atoms with Gasteiger partial charge in [-0.3, -0.25) is 0 Å². The molecule has 0 aromatic heterocycles. The molecule has 25 heavy (non-hydrogen) atoms. The fourth-order valence-corrected chi connectivity index (χ4v) is 3.72. The van der Waals surface area contributed by atoms with Crippen LogP contribution >= 0.6 is 0 Å². The van der Waals surface area contributed by atoms with E-state index in [1.165, 1.54) is 93.7 Å². The van der Waals surface area contributed by atoms with Crippen LogP contribution in [0, 0.1) is 5.92 Å². The minimum atomic E-state index is 0.767. The topological polar surface area (TPSA) is 0 Å². The van der Waals surface area contributed by atoms with E-state index in [2.05, 4.69) is 56.3 Å². The highest BCUT2D eigenvalue weighted by atomic mass is 14.1. The fourth-order valence-electron chi connectivity index (χ4n) is 3.72. The Morgan fingerprint density at radius 1 is 0.800 bits per heavy atom. The second-order valence-electron chi connectivity index (χ2n) is 7.72. The van der Waals surface area contributed by atoms with Crippen LogP contribution in [0.15, 0.2) is 42.5 Å². The number of benzene rings is 1. The maximum absolute atomic E-state index is 2.45. The van der Waals surface area contributed by atoms with Gasteiger partial charge in [0.05, 0.1) is 0 Å². The Hall–Kier alpha value is -1.30. The van der Waals surface area contributed by atoms with Crippen molar-refractivity contribution in [3.8, 4) is 0 Å². The minimum Gasteiger partial charge on any atom is -0.0805 e. The summed E-state index contributed by atoms with van der Waals surface area (Å²) in [6, 6.07) is 9.27. The molecule has 0 heterocycles. The van der Waals surface area contributed by atoms with Gasteiger partial charge in [0.25, 0.3) is 0 Å². The molecule has 0 bridgehead atoms. The molecule has 1 aliphatic rings. The van der Waals surface area contributed by atoms with Gasteiger partial charge in [0.15, 0.2) is 0 Å². The van der Waals surface area contributed by atoms with E-state index in [-0.39, 0.29) is 0 Å². The SMILES string of the molecule is CCCCCCCCC1C=CC(c2ccc(CCCCC)cc2)=CC1. The minimum absolute atomic E-state index is 0.767. The van der Waals surface area contributed by atoms with E-state index < -0.39 is 0 Å². The summed E-state index contributed by atoms with van der Waals surface area (Å²) < 4.78 is 0. The summed E-state index contributed by atoms with van der Waals surface area (Å²) in [5, 5.41) is 0. The number of unbranched alkanes of at least 4 members (excludes halogenated alkanes) is 7. The maximum atomic E-state index is 2.45. The fraction of sp³-hybridized carbons (Fsp3) is 0.600. The molecule has 0 radical (unpaired) electrons. The van der Waals surface area contributed by atoms with Crippen molar-refractivity contribution in [1.29, 1.82) is 0 Å². The van der Waals surface area contributed by atoms with Crippen molar-refractivity contribution in [3.63, 3.8) is 0 Å². The highest BCUT2D eigenvalue weighted by molar-refractivity contribution is 5.75. The largest absolute Gasteiger partial charge is 0.0805 e. The predicted octanol–water partition coefficient (Wildman–Crippen LogP) is 8.13. The monoisotopic (exact) mass is 338 g/mol. The summed E-state index contributed by atoms with van der Waals surface area (Å²) in [5.74, 6) is 0.767. The molecule has 1 aromatic carbocycles. The van der Waals surface area contributed by atoms with Gasteiger partial charge in [-0.2, -0.15) is 0 Å². The van der Waals surface area contributed by atoms with Crippen LogP contribution in [0.3, 0.4) is 0 Å². The Morgan fingerprint density at radius 3 is 2.16 bits per heavy atom. The molecule has 1 unspecified atom stereocenters. The van der Waals surface area contributed by atoms with E-state index >= 15 is 0 Å². The van der Waals surface area contributed by atoms with Crippen LogP contribution in [-0.2, 0) is 6.42 Å². The van der Waals surface area contributed by atoms with Crippen molar-refractivity contribution in [1.82, 2.24) is 0 Å². The summed E-state index contributed by atoms with van der Waals surface area (Å²) in [6.07, 6.45) is 23.5. The standard InChI is InChI=1S/C25H38/c1-3-5-7-8-9-11-13-23-16-20-25(21-17-23)24-18-14-22(15-19-24)12-10-6-4-2/h14-16,18-21,23H,3-13,17H2,1-2H3.